The van der Waals surface area contributed by atoms with Crippen molar-refractivity contribution >= 4 is 18.0 Å². The Hall–Kier alpha value is -2.44. The van der Waals surface area contributed by atoms with E-state index in [1.165, 1.54) is 6.92 Å². The zero-order chi connectivity index (χ0) is 18.4. The smallest absolute Gasteiger partial charge is 0.330 e. The van der Waals surface area contributed by atoms with Crippen LogP contribution < -0.4 is 0 Å². The third-order valence-electron chi connectivity index (χ3n) is 2.64. The molecule has 132 valence electrons. The second kappa shape index (κ2) is 13.0. The van der Waals surface area contributed by atoms with Crippen LogP contribution in [0.2, 0.25) is 0 Å². The Bertz CT molecular complexity index is 522. The number of carboxylic acid groups (broad SMARTS) is 1. The molecule has 24 heavy (non-hydrogen) atoms. The zero-order valence-corrected chi connectivity index (χ0v) is 13.9. The molecule has 0 saturated heterocycles. The summed E-state index contributed by atoms with van der Waals surface area (Å²) in [4.78, 5) is 20.7. The number of esters is 1. The Kier molecular flexibility index (Phi) is 11.7. The molecule has 0 saturated carbocycles. The maximum Gasteiger partial charge on any atom is 0.330 e. The summed E-state index contributed by atoms with van der Waals surface area (Å²) in [6.07, 6.45) is 3.35. The Morgan fingerprint density at radius 2 is 1.92 bits per heavy atom. The first kappa shape index (κ1) is 21.6. The second-order valence-corrected chi connectivity index (χ2v) is 4.68. The fourth-order valence-corrected chi connectivity index (χ4v) is 1.50. The van der Waals surface area contributed by atoms with E-state index in [0.29, 0.717) is 6.42 Å². The minimum Gasteiger partial charge on any atom is -0.478 e. The van der Waals surface area contributed by atoms with Crippen molar-refractivity contribution in [3.8, 4) is 0 Å². The van der Waals surface area contributed by atoms with Crippen molar-refractivity contribution in [1.82, 2.24) is 0 Å². The number of aliphatic hydroxyl groups excluding tert-OH is 1. The third-order valence-corrected chi connectivity index (χ3v) is 2.64. The average Bonchev–Trinajstić information content (AvgIpc) is 2.57. The fourth-order valence-electron chi connectivity index (χ4n) is 1.50. The maximum atomic E-state index is 10.7. The van der Waals surface area contributed by atoms with Crippen molar-refractivity contribution in [2.45, 2.75) is 32.7 Å². The van der Waals surface area contributed by atoms with Crippen LogP contribution in [-0.2, 0) is 19.1 Å². The van der Waals surface area contributed by atoms with E-state index in [-0.39, 0.29) is 12.7 Å². The zero-order valence-electron chi connectivity index (χ0n) is 13.9. The standard InChI is InChI=1S/C9H16O4.C9H8O2/c1-4-8(13-7(3)10)6-12-9(11)5-2;10-9(11)7-6-8-4-2-1-3-5-8/h5,7-8,10H,2,4,6H2,1,3H3;1-7H,(H,10,11)/b;7-6+. The monoisotopic (exact) mass is 336 g/mol. The molecule has 0 amide bonds. The van der Waals surface area contributed by atoms with Crippen LogP contribution in [0.15, 0.2) is 49.1 Å². The molecular formula is C18H24O6. The van der Waals surface area contributed by atoms with Crippen molar-refractivity contribution < 1.29 is 29.3 Å². The van der Waals surface area contributed by atoms with Crippen LogP contribution in [0.5, 0.6) is 0 Å². The highest BCUT2D eigenvalue weighted by molar-refractivity contribution is 5.85. The molecule has 0 aliphatic carbocycles. The predicted molar refractivity (Wildman–Crippen MR) is 91.1 cm³/mol. The molecule has 0 fully saturated rings. The maximum absolute atomic E-state index is 10.7. The van der Waals surface area contributed by atoms with Gasteiger partial charge in [0.15, 0.2) is 6.29 Å². The van der Waals surface area contributed by atoms with Gasteiger partial charge in [0.05, 0.1) is 6.10 Å². The number of aliphatic hydroxyl groups is 1. The molecule has 0 heterocycles. The van der Waals surface area contributed by atoms with Crippen LogP contribution in [0.4, 0.5) is 0 Å². The molecule has 0 spiro atoms. The van der Waals surface area contributed by atoms with Gasteiger partial charge in [-0.1, -0.05) is 43.8 Å². The van der Waals surface area contributed by atoms with Crippen molar-refractivity contribution in [1.29, 1.82) is 0 Å². The number of carboxylic acids is 1. The molecule has 0 bridgehead atoms. The van der Waals surface area contributed by atoms with E-state index < -0.39 is 18.2 Å². The van der Waals surface area contributed by atoms with E-state index in [1.54, 1.807) is 6.08 Å². The number of hydrogen-bond donors (Lipinski definition) is 2. The van der Waals surface area contributed by atoms with Crippen LogP contribution in [0.25, 0.3) is 6.08 Å². The lowest BCUT2D eigenvalue weighted by Crippen LogP contribution is -2.25. The lowest BCUT2D eigenvalue weighted by Gasteiger charge is -2.17. The average molecular weight is 336 g/mol. The van der Waals surface area contributed by atoms with Crippen molar-refractivity contribution in [2.75, 3.05) is 6.61 Å². The van der Waals surface area contributed by atoms with Gasteiger partial charge in [0.2, 0.25) is 0 Å². The quantitative estimate of drug-likeness (QED) is 0.431. The Morgan fingerprint density at radius 1 is 1.29 bits per heavy atom. The molecule has 2 N–H and O–H groups in total. The number of ether oxygens (including phenoxy) is 2. The molecule has 0 aliphatic heterocycles. The first-order chi connectivity index (χ1) is 11.4. The summed E-state index contributed by atoms with van der Waals surface area (Å²) in [6, 6.07) is 9.31. The number of aliphatic carboxylic acids is 1. The van der Waals surface area contributed by atoms with E-state index in [4.69, 9.17) is 19.7 Å². The summed E-state index contributed by atoms with van der Waals surface area (Å²) in [6.45, 7) is 6.80. The molecule has 0 aliphatic rings. The number of rotatable bonds is 8. The number of carbonyl (C=O) groups is 2. The normalized spacial score (nSPS) is 12.6. The van der Waals surface area contributed by atoms with Crippen molar-refractivity contribution in [3.05, 3.63) is 54.6 Å². The van der Waals surface area contributed by atoms with Gasteiger partial charge in [-0.3, -0.25) is 0 Å². The molecule has 0 aromatic heterocycles. The Balaban J connectivity index is 0.000000446. The van der Waals surface area contributed by atoms with Crippen LogP contribution in [0, 0.1) is 0 Å². The van der Waals surface area contributed by atoms with E-state index in [1.807, 2.05) is 37.3 Å². The molecule has 1 aromatic rings. The topological polar surface area (TPSA) is 93.1 Å². The van der Waals surface area contributed by atoms with Crippen LogP contribution in [0.1, 0.15) is 25.8 Å². The molecule has 1 rings (SSSR count). The highest BCUT2D eigenvalue weighted by Gasteiger charge is 2.11. The van der Waals surface area contributed by atoms with Gasteiger partial charge < -0.3 is 19.7 Å². The van der Waals surface area contributed by atoms with E-state index in [9.17, 15) is 9.59 Å². The fraction of sp³-hybridized carbons (Fsp3) is 0.333. The Morgan fingerprint density at radius 3 is 2.38 bits per heavy atom. The van der Waals surface area contributed by atoms with Gasteiger partial charge in [-0.2, -0.15) is 0 Å². The van der Waals surface area contributed by atoms with Gasteiger partial charge in [-0.15, -0.1) is 0 Å². The predicted octanol–water partition coefficient (Wildman–Crippen LogP) is 2.63. The van der Waals surface area contributed by atoms with E-state index >= 15 is 0 Å². The number of benzene rings is 1. The highest BCUT2D eigenvalue weighted by atomic mass is 16.6. The van der Waals surface area contributed by atoms with Crippen molar-refractivity contribution in [2.24, 2.45) is 0 Å². The molecule has 2 unspecified atom stereocenters. The van der Waals surface area contributed by atoms with Crippen LogP contribution in [0.3, 0.4) is 0 Å². The van der Waals surface area contributed by atoms with E-state index in [2.05, 4.69) is 6.58 Å². The first-order valence-electron chi connectivity index (χ1n) is 7.47. The Labute approximate surface area is 142 Å². The van der Waals surface area contributed by atoms with E-state index in [0.717, 1.165) is 17.7 Å². The molecule has 6 nitrogen and oxygen atoms in total. The van der Waals surface area contributed by atoms with Gasteiger partial charge >= 0.3 is 11.9 Å². The number of hydrogen-bond acceptors (Lipinski definition) is 5. The molecule has 2 atom stereocenters. The summed E-state index contributed by atoms with van der Waals surface area (Å²) in [5.41, 5.74) is 0.898. The van der Waals surface area contributed by atoms with Crippen molar-refractivity contribution in [3.63, 3.8) is 0 Å². The molecule has 0 radical (unpaired) electrons. The first-order valence-corrected chi connectivity index (χ1v) is 7.47. The summed E-state index contributed by atoms with van der Waals surface area (Å²) in [5.74, 6) is -1.40. The minimum absolute atomic E-state index is 0.145. The molecule has 1 aromatic carbocycles. The molecular weight excluding hydrogens is 312 g/mol. The van der Waals surface area contributed by atoms with Crippen LogP contribution in [-0.4, -0.2) is 41.2 Å². The van der Waals surface area contributed by atoms with Crippen LogP contribution >= 0.6 is 0 Å². The summed E-state index contributed by atoms with van der Waals surface area (Å²) < 4.78 is 9.79. The summed E-state index contributed by atoms with van der Waals surface area (Å²) in [7, 11) is 0. The summed E-state index contributed by atoms with van der Waals surface area (Å²) >= 11 is 0. The van der Waals surface area contributed by atoms with Gasteiger partial charge in [0.1, 0.15) is 6.61 Å². The minimum atomic E-state index is -0.922. The molecule has 6 heteroatoms. The third kappa shape index (κ3) is 12.1. The van der Waals surface area contributed by atoms with Gasteiger partial charge in [0.25, 0.3) is 0 Å². The highest BCUT2D eigenvalue weighted by Crippen LogP contribution is 2.02. The van der Waals surface area contributed by atoms with Gasteiger partial charge in [-0.25, -0.2) is 9.59 Å². The summed E-state index contributed by atoms with van der Waals surface area (Å²) in [5, 5.41) is 17.2. The lowest BCUT2D eigenvalue weighted by molar-refractivity contribution is -0.158. The SMILES string of the molecule is C=CC(=O)OCC(CC)OC(C)O.O=C(O)/C=C/c1ccccc1. The van der Waals surface area contributed by atoms with Gasteiger partial charge in [-0.05, 0) is 25.0 Å². The lowest BCUT2D eigenvalue weighted by atomic mass is 10.2. The second-order valence-electron chi connectivity index (χ2n) is 4.68. The largest absolute Gasteiger partial charge is 0.478 e. The van der Waals surface area contributed by atoms with Gasteiger partial charge in [0, 0.05) is 12.2 Å². The number of carbonyl (C=O) groups excluding carboxylic acids is 1.